The van der Waals surface area contributed by atoms with Crippen LogP contribution in [0, 0.1) is 6.92 Å². The van der Waals surface area contributed by atoms with Crippen LogP contribution in [0.5, 0.6) is 0 Å². The Morgan fingerprint density at radius 1 is 1.26 bits per heavy atom. The number of hydrogen-bond donors (Lipinski definition) is 2. The van der Waals surface area contributed by atoms with E-state index in [1.807, 2.05) is 25.1 Å². The summed E-state index contributed by atoms with van der Waals surface area (Å²) in [7, 11) is 0. The van der Waals surface area contributed by atoms with E-state index in [2.05, 4.69) is 24.5 Å². The fourth-order valence-corrected chi connectivity index (χ4v) is 1.90. The Labute approximate surface area is 113 Å². The zero-order valence-corrected chi connectivity index (χ0v) is 11.6. The molecular formula is C15H20N2O2. The van der Waals surface area contributed by atoms with E-state index < -0.39 is 0 Å². The minimum absolute atomic E-state index is 0.167. The van der Waals surface area contributed by atoms with Gasteiger partial charge in [-0.25, -0.2) is 0 Å². The number of aryl methyl sites for hydroxylation is 1. The zero-order valence-electron chi connectivity index (χ0n) is 11.6. The van der Waals surface area contributed by atoms with Crippen LogP contribution in [0.3, 0.4) is 0 Å². The van der Waals surface area contributed by atoms with E-state index in [1.165, 1.54) is 0 Å². The molecule has 19 heavy (non-hydrogen) atoms. The number of nitrogens with one attached hydrogen (secondary N) is 2. The lowest BCUT2D eigenvalue weighted by atomic mass is 10.2. The van der Waals surface area contributed by atoms with Crippen LogP contribution in [0.4, 0.5) is 0 Å². The summed E-state index contributed by atoms with van der Waals surface area (Å²) in [6.07, 6.45) is 0. The van der Waals surface area contributed by atoms with Crippen molar-refractivity contribution >= 4 is 16.9 Å². The van der Waals surface area contributed by atoms with E-state index in [4.69, 9.17) is 4.42 Å². The summed E-state index contributed by atoms with van der Waals surface area (Å²) < 4.78 is 5.53. The van der Waals surface area contributed by atoms with E-state index in [9.17, 15) is 4.79 Å². The Morgan fingerprint density at radius 2 is 2.05 bits per heavy atom. The fraction of sp³-hybridized carbons (Fsp3) is 0.400. The molecule has 0 radical (unpaired) electrons. The van der Waals surface area contributed by atoms with Gasteiger partial charge in [-0.1, -0.05) is 25.5 Å². The van der Waals surface area contributed by atoms with Gasteiger partial charge < -0.3 is 15.1 Å². The molecule has 0 saturated heterocycles. The van der Waals surface area contributed by atoms with Gasteiger partial charge in [-0.15, -0.1) is 0 Å². The van der Waals surface area contributed by atoms with Gasteiger partial charge in [0, 0.05) is 24.5 Å². The van der Waals surface area contributed by atoms with Crippen molar-refractivity contribution in [3.63, 3.8) is 0 Å². The first kappa shape index (κ1) is 13.6. The lowest BCUT2D eigenvalue weighted by Gasteiger charge is -2.07. The molecule has 0 aliphatic rings. The van der Waals surface area contributed by atoms with Crippen LogP contribution >= 0.6 is 0 Å². The van der Waals surface area contributed by atoms with Crippen LogP contribution < -0.4 is 10.6 Å². The molecule has 0 unspecified atom stereocenters. The molecule has 2 N–H and O–H groups in total. The topological polar surface area (TPSA) is 54.3 Å². The van der Waals surface area contributed by atoms with Crippen molar-refractivity contribution in [3.8, 4) is 0 Å². The van der Waals surface area contributed by atoms with Gasteiger partial charge in [0.25, 0.3) is 5.91 Å². The molecule has 1 aromatic heterocycles. The lowest BCUT2D eigenvalue weighted by Crippen LogP contribution is -2.34. The Bertz CT molecular complexity index is 573. The Morgan fingerprint density at radius 3 is 2.79 bits per heavy atom. The van der Waals surface area contributed by atoms with Gasteiger partial charge >= 0.3 is 0 Å². The summed E-state index contributed by atoms with van der Waals surface area (Å²) in [4.78, 5) is 11.9. The first-order chi connectivity index (χ1) is 9.06. The number of benzene rings is 1. The molecule has 4 heteroatoms. The number of hydrogen-bond acceptors (Lipinski definition) is 3. The molecule has 0 aliphatic carbocycles. The van der Waals surface area contributed by atoms with Crippen molar-refractivity contribution in [1.29, 1.82) is 0 Å². The SMILES string of the molecule is Cc1ccc2oc(C(=O)NCCNC(C)C)cc2c1. The summed E-state index contributed by atoms with van der Waals surface area (Å²) in [5, 5.41) is 7.04. The van der Waals surface area contributed by atoms with Gasteiger partial charge in [0.15, 0.2) is 5.76 Å². The molecule has 102 valence electrons. The molecule has 0 saturated carbocycles. The van der Waals surface area contributed by atoms with E-state index in [-0.39, 0.29) is 5.91 Å². The predicted molar refractivity (Wildman–Crippen MR) is 76.4 cm³/mol. The molecule has 0 spiro atoms. The average Bonchev–Trinajstić information content (AvgIpc) is 2.77. The smallest absolute Gasteiger partial charge is 0.287 e. The molecule has 0 fully saturated rings. The normalized spacial score (nSPS) is 11.2. The van der Waals surface area contributed by atoms with Crippen LogP contribution in [-0.2, 0) is 0 Å². The predicted octanol–water partition coefficient (Wildman–Crippen LogP) is 2.47. The molecule has 1 heterocycles. The summed E-state index contributed by atoms with van der Waals surface area (Å²) in [5.74, 6) is 0.199. The van der Waals surface area contributed by atoms with Gasteiger partial charge in [-0.05, 0) is 25.1 Å². The summed E-state index contributed by atoms with van der Waals surface area (Å²) in [5.41, 5.74) is 1.90. The van der Waals surface area contributed by atoms with Crippen LogP contribution in [-0.4, -0.2) is 25.0 Å². The van der Waals surface area contributed by atoms with Crippen molar-refractivity contribution < 1.29 is 9.21 Å². The Hall–Kier alpha value is -1.81. The Kier molecular flexibility index (Phi) is 4.22. The van der Waals surface area contributed by atoms with Gasteiger partial charge in [0.1, 0.15) is 5.58 Å². The fourth-order valence-electron chi connectivity index (χ4n) is 1.90. The molecule has 1 amide bonds. The highest BCUT2D eigenvalue weighted by Gasteiger charge is 2.11. The highest BCUT2D eigenvalue weighted by Crippen LogP contribution is 2.20. The molecule has 2 aromatic rings. The number of amides is 1. The molecule has 2 rings (SSSR count). The van der Waals surface area contributed by atoms with Crippen LogP contribution in [0.25, 0.3) is 11.0 Å². The lowest BCUT2D eigenvalue weighted by molar-refractivity contribution is 0.0928. The van der Waals surface area contributed by atoms with Gasteiger partial charge in [-0.3, -0.25) is 4.79 Å². The minimum Gasteiger partial charge on any atom is -0.451 e. The molecule has 0 atom stereocenters. The Balaban J connectivity index is 1.97. The molecule has 0 aliphatic heterocycles. The first-order valence-electron chi connectivity index (χ1n) is 6.58. The van der Waals surface area contributed by atoms with Crippen molar-refractivity contribution in [2.24, 2.45) is 0 Å². The second-order valence-corrected chi connectivity index (χ2v) is 5.02. The molecule has 0 bridgehead atoms. The van der Waals surface area contributed by atoms with Crippen molar-refractivity contribution in [2.45, 2.75) is 26.8 Å². The second kappa shape index (κ2) is 5.89. The van der Waals surface area contributed by atoms with Crippen molar-refractivity contribution in [2.75, 3.05) is 13.1 Å². The maximum atomic E-state index is 11.9. The number of carbonyl (C=O) groups excluding carboxylic acids is 1. The van der Waals surface area contributed by atoms with Crippen LogP contribution in [0.15, 0.2) is 28.7 Å². The highest BCUT2D eigenvalue weighted by molar-refractivity contribution is 5.96. The maximum Gasteiger partial charge on any atom is 0.287 e. The number of fused-ring (bicyclic) bond motifs is 1. The number of rotatable bonds is 5. The van der Waals surface area contributed by atoms with Gasteiger partial charge in [0.2, 0.25) is 0 Å². The minimum atomic E-state index is -0.167. The third kappa shape index (κ3) is 3.58. The summed E-state index contributed by atoms with van der Waals surface area (Å²) in [6.45, 7) is 7.51. The summed E-state index contributed by atoms with van der Waals surface area (Å²) >= 11 is 0. The van der Waals surface area contributed by atoms with E-state index in [0.717, 1.165) is 23.1 Å². The maximum absolute atomic E-state index is 11.9. The molecule has 1 aromatic carbocycles. The second-order valence-electron chi connectivity index (χ2n) is 5.02. The molecule has 4 nitrogen and oxygen atoms in total. The summed E-state index contributed by atoms with van der Waals surface area (Å²) in [6, 6.07) is 8.08. The monoisotopic (exact) mass is 260 g/mol. The average molecular weight is 260 g/mol. The van der Waals surface area contributed by atoms with E-state index >= 15 is 0 Å². The highest BCUT2D eigenvalue weighted by atomic mass is 16.3. The standard InChI is InChI=1S/C15H20N2O2/c1-10(2)16-6-7-17-15(18)14-9-12-8-11(3)4-5-13(12)19-14/h4-5,8-10,16H,6-7H2,1-3H3,(H,17,18). The third-order valence-electron chi connectivity index (χ3n) is 2.86. The van der Waals surface area contributed by atoms with Crippen molar-refractivity contribution in [3.05, 3.63) is 35.6 Å². The van der Waals surface area contributed by atoms with Crippen molar-refractivity contribution in [1.82, 2.24) is 10.6 Å². The zero-order chi connectivity index (χ0) is 13.8. The number of furan rings is 1. The largest absolute Gasteiger partial charge is 0.451 e. The number of carbonyl (C=O) groups is 1. The van der Waals surface area contributed by atoms with E-state index in [1.54, 1.807) is 6.07 Å². The van der Waals surface area contributed by atoms with Crippen LogP contribution in [0.2, 0.25) is 0 Å². The quantitative estimate of drug-likeness (QED) is 0.812. The van der Waals surface area contributed by atoms with Gasteiger partial charge in [0.05, 0.1) is 0 Å². The molecular weight excluding hydrogens is 240 g/mol. The first-order valence-corrected chi connectivity index (χ1v) is 6.58. The van der Waals surface area contributed by atoms with Gasteiger partial charge in [-0.2, -0.15) is 0 Å². The van der Waals surface area contributed by atoms with Crippen LogP contribution in [0.1, 0.15) is 30.0 Å². The third-order valence-corrected chi connectivity index (χ3v) is 2.86. The van der Waals surface area contributed by atoms with E-state index in [0.29, 0.717) is 18.3 Å².